The lowest BCUT2D eigenvalue weighted by Crippen LogP contribution is -2.43. The maximum Gasteiger partial charge on any atom is 0.315 e. The Morgan fingerprint density at radius 1 is 1.35 bits per heavy atom. The summed E-state index contributed by atoms with van der Waals surface area (Å²) in [4.78, 5) is 16.1. The fourth-order valence-corrected chi connectivity index (χ4v) is 2.56. The molecule has 126 valence electrons. The van der Waals surface area contributed by atoms with Gasteiger partial charge in [-0.1, -0.05) is 25.9 Å². The van der Waals surface area contributed by atoms with E-state index in [2.05, 4.69) is 20.8 Å². The van der Waals surface area contributed by atoms with Crippen molar-refractivity contribution >= 4 is 17.4 Å². The third-order valence-corrected chi connectivity index (χ3v) is 3.94. The average Bonchev–Trinajstić information content (AvgIpc) is 3.13. The van der Waals surface area contributed by atoms with E-state index >= 15 is 0 Å². The fourth-order valence-electron chi connectivity index (χ4n) is 1.78. The molecule has 2 aromatic heterocycles. The zero-order valence-electron chi connectivity index (χ0n) is 13.7. The molecule has 0 saturated carbocycles. The number of hydrogen-bond donors (Lipinski definition) is 3. The molecule has 7 nitrogen and oxygen atoms in total. The van der Waals surface area contributed by atoms with Gasteiger partial charge in [0.1, 0.15) is 5.60 Å². The first kappa shape index (κ1) is 17.4. The van der Waals surface area contributed by atoms with E-state index in [-0.39, 0.29) is 18.5 Å². The van der Waals surface area contributed by atoms with Crippen molar-refractivity contribution in [1.82, 2.24) is 20.8 Å². The molecule has 2 rings (SSSR count). The van der Waals surface area contributed by atoms with Crippen LogP contribution < -0.4 is 10.6 Å². The lowest BCUT2D eigenvalue weighted by Gasteiger charge is -2.22. The van der Waals surface area contributed by atoms with E-state index in [1.807, 2.05) is 37.6 Å². The fraction of sp³-hybridized carbons (Fsp3) is 0.533. The molecule has 0 aliphatic carbocycles. The Balaban J connectivity index is 1.80. The van der Waals surface area contributed by atoms with Crippen molar-refractivity contribution in [3.05, 3.63) is 34.1 Å². The first-order valence-corrected chi connectivity index (χ1v) is 8.22. The van der Waals surface area contributed by atoms with E-state index in [4.69, 9.17) is 4.52 Å². The molecule has 3 N–H and O–H groups in total. The van der Waals surface area contributed by atoms with Gasteiger partial charge in [-0.15, -0.1) is 0 Å². The molecular weight excluding hydrogens is 316 g/mol. The van der Waals surface area contributed by atoms with Gasteiger partial charge in [-0.05, 0) is 29.3 Å². The van der Waals surface area contributed by atoms with Crippen molar-refractivity contribution in [3.63, 3.8) is 0 Å². The first-order valence-electron chi connectivity index (χ1n) is 7.28. The molecule has 23 heavy (non-hydrogen) atoms. The van der Waals surface area contributed by atoms with Gasteiger partial charge in [0.05, 0.1) is 13.1 Å². The highest BCUT2D eigenvalue weighted by atomic mass is 32.1. The summed E-state index contributed by atoms with van der Waals surface area (Å²) in [5.74, 6) is 0.935. The lowest BCUT2D eigenvalue weighted by atomic mass is 9.97. The number of amides is 2. The van der Waals surface area contributed by atoms with Crippen molar-refractivity contribution < 1.29 is 14.4 Å². The molecule has 2 aromatic rings. The first-order chi connectivity index (χ1) is 10.7. The summed E-state index contributed by atoms with van der Waals surface area (Å²) in [6.45, 7) is 7.83. The summed E-state index contributed by atoms with van der Waals surface area (Å²) < 4.78 is 5.15. The van der Waals surface area contributed by atoms with Gasteiger partial charge < -0.3 is 20.3 Å². The van der Waals surface area contributed by atoms with E-state index < -0.39 is 11.6 Å². The van der Waals surface area contributed by atoms with Crippen molar-refractivity contribution in [1.29, 1.82) is 0 Å². The molecule has 1 unspecified atom stereocenters. The minimum Gasteiger partial charge on any atom is -0.384 e. The van der Waals surface area contributed by atoms with Crippen LogP contribution in [-0.4, -0.2) is 27.8 Å². The zero-order valence-corrected chi connectivity index (χ0v) is 14.5. The highest BCUT2D eigenvalue weighted by Crippen LogP contribution is 2.22. The Morgan fingerprint density at radius 3 is 2.65 bits per heavy atom. The van der Waals surface area contributed by atoms with Gasteiger partial charge in [-0.25, -0.2) is 4.79 Å². The van der Waals surface area contributed by atoms with Crippen LogP contribution in [0.2, 0.25) is 0 Å². The van der Waals surface area contributed by atoms with Gasteiger partial charge in [0, 0.05) is 5.41 Å². The molecule has 2 heterocycles. The highest BCUT2D eigenvalue weighted by Gasteiger charge is 2.24. The Kier molecular flexibility index (Phi) is 5.06. The number of thiophene rings is 1. The molecule has 0 spiro atoms. The molecule has 1 atom stereocenters. The lowest BCUT2D eigenvalue weighted by molar-refractivity contribution is 0.0598. The van der Waals surface area contributed by atoms with Crippen LogP contribution in [0.15, 0.2) is 21.3 Å². The summed E-state index contributed by atoms with van der Waals surface area (Å²) in [5, 5.41) is 23.2. The molecule has 0 aliphatic rings. The Hall–Kier alpha value is -1.93. The zero-order chi connectivity index (χ0) is 17.1. The van der Waals surface area contributed by atoms with Crippen molar-refractivity contribution in [2.45, 2.75) is 45.3 Å². The van der Waals surface area contributed by atoms with Crippen LogP contribution in [0.25, 0.3) is 0 Å². The standard InChI is InChI=1S/C15H22N4O3S/c1-14(2,3)12-18-11(19-22-12)7-16-13(20)17-9-15(4,21)10-5-6-23-8-10/h5-6,8,21H,7,9H2,1-4H3,(H2,16,17,20). The van der Waals surface area contributed by atoms with Gasteiger partial charge in [0.25, 0.3) is 0 Å². The molecule has 0 aliphatic heterocycles. The number of aliphatic hydroxyl groups is 1. The van der Waals surface area contributed by atoms with E-state index in [0.29, 0.717) is 11.7 Å². The van der Waals surface area contributed by atoms with Crippen molar-refractivity contribution in [2.24, 2.45) is 0 Å². The third-order valence-electron chi connectivity index (χ3n) is 3.25. The monoisotopic (exact) mass is 338 g/mol. The Bertz CT molecular complexity index is 644. The molecule has 0 fully saturated rings. The van der Waals surface area contributed by atoms with Crippen LogP contribution in [0.5, 0.6) is 0 Å². The third kappa shape index (κ3) is 4.77. The number of urea groups is 1. The van der Waals surface area contributed by atoms with Crippen LogP contribution >= 0.6 is 11.3 Å². The second-order valence-corrected chi connectivity index (χ2v) is 7.37. The van der Waals surface area contributed by atoms with E-state index in [1.165, 1.54) is 11.3 Å². The van der Waals surface area contributed by atoms with Crippen LogP contribution in [0.3, 0.4) is 0 Å². The number of carbonyl (C=O) groups excluding carboxylic acids is 1. The van der Waals surface area contributed by atoms with Crippen LogP contribution in [-0.2, 0) is 17.6 Å². The summed E-state index contributed by atoms with van der Waals surface area (Å²) >= 11 is 1.50. The Labute approximate surface area is 139 Å². The van der Waals surface area contributed by atoms with Gasteiger partial charge in [-0.3, -0.25) is 0 Å². The molecule has 0 bridgehead atoms. The van der Waals surface area contributed by atoms with E-state index in [0.717, 1.165) is 5.56 Å². The minimum atomic E-state index is -1.11. The normalized spacial score (nSPS) is 14.3. The number of rotatable bonds is 5. The summed E-state index contributed by atoms with van der Waals surface area (Å²) in [5.41, 5.74) is -0.564. The smallest absolute Gasteiger partial charge is 0.315 e. The number of nitrogens with one attached hydrogen (secondary N) is 2. The summed E-state index contributed by atoms with van der Waals surface area (Å²) in [6, 6.07) is 1.43. The predicted octanol–water partition coefficient (Wildman–Crippen LogP) is 2.14. The average molecular weight is 338 g/mol. The van der Waals surface area contributed by atoms with Crippen LogP contribution in [0.1, 0.15) is 45.0 Å². The maximum absolute atomic E-state index is 11.8. The largest absolute Gasteiger partial charge is 0.384 e. The minimum absolute atomic E-state index is 0.106. The molecule has 0 radical (unpaired) electrons. The van der Waals surface area contributed by atoms with Gasteiger partial charge in [-0.2, -0.15) is 16.3 Å². The molecule has 2 amide bonds. The SMILES string of the molecule is CC(C)(C)c1nc(CNC(=O)NCC(C)(O)c2ccsc2)no1. The molecule has 0 saturated heterocycles. The van der Waals surface area contributed by atoms with Crippen LogP contribution in [0, 0.1) is 0 Å². The second kappa shape index (κ2) is 6.67. The number of hydrogen-bond acceptors (Lipinski definition) is 6. The topological polar surface area (TPSA) is 100 Å². The van der Waals surface area contributed by atoms with Gasteiger partial charge >= 0.3 is 6.03 Å². The van der Waals surface area contributed by atoms with Crippen molar-refractivity contribution in [2.75, 3.05) is 6.54 Å². The Morgan fingerprint density at radius 2 is 2.09 bits per heavy atom. The van der Waals surface area contributed by atoms with E-state index in [1.54, 1.807) is 6.92 Å². The van der Waals surface area contributed by atoms with Gasteiger partial charge in [0.2, 0.25) is 5.89 Å². The van der Waals surface area contributed by atoms with E-state index in [9.17, 15) is 9.90 Å². The highest BCUT2D eigenvalue weighted by molar-refractivity contribution is 7.08. The number of nitrogens with zero attached hydrogens (tertiary/aromatic N) is 2. The second-order valence-electron chi connectivity index (χ2n) is 6.59. The summed E-state index contributed by atoms with van der Waals surface area (Å²) in [6.07, 6.45) is 0. The van der Waals surface area contributed by atoms with Crippen molar-refractivity contribution in [3.8, 4) is 0 Å². The molecular formula is C15H22N4O3S. The number of carbonyl (C=O) groups is 1. The maximum atomic E-state index is 11.8. The number of aromatic nitrogens is 2. The molecule has 8 heteroatoms. The predicted molar refractivity (Wildman–Crippen MR) is 87.1 cm³/mol. The summed E-state index contributed by atoms with van der Waals surface area (Å²) in [7, 11) is 0. The quantitative estimate of drug-likeness (QED) is 0.775. The van der Waals surface area contributed by atoms with Gasteiger partial charge in [0.15, 0.2) is 5.82 Å². The molecule has 0 aromatic carbocycles. The van der Waals surface area contributed by atoms with Crippen LogP contribution in [0.4, 0.5) is 4.79 Å².